The predicted octanol–water partition coefficient (Wildman–Crippen LogP) is 5.09. The fourth-order valence-electron chi connectivity index (χ4n) is 4.21. The Labute approximate surface area is 159 Å². The van der Waals surface area contributed by atoms with Gasteiger partial charge >= 0.3 is 0 Å². The van der Waals surface area contributed by atoms with Crippen LogP contribution >= 0.6 is 11.6 Å². The van der Waals surface area contributed by atoms with E-state index in [0.29, 0.717) is 6.42 Å². The summed E-state index contributed by atoms with van der Waals surface area (Å²) in [5, 5.41) is 0.799. The lowest BCUT2D eigenvalue weighted by molar-refractivity contribution is 0.244. The Morgan fingerprint density at radius 3 is 2.65 bits per heavy atom. The molecule has 1 fully saturated rings. The van der Waals surface area contributed by atoms with Gasteiger partial charge in [-0.1, -0.05) is 29.3 Å². The van der Waals surface area contributed by atoms with Gasteiger partial charge in [0.05, 0.1) is 12.4 Å². The topological polar surface area (TPSA) is 16.1 Å². The minimum atomic E-state index is -0.226. The van der Waals surface area contributed by atoms with Crippen LogP contribution in [-0.2, 0) is 12.8 Å². The number of aryl methyl sites for hydroxylation is 2. The van der Waals surface area contributed by atoms with Crippen LogP contribution in [-0.4, -0.2) is 36.2 Å². The highest BCUT2D eigenvalue weighted by atomic mass is 35.5. The normalized spacial score (nSPS) is 17.6. The minimum absolute atomic E-state index is 0.226. The summed E-state index contributed by atoms with van der Waals surface area (Å²) >= 11 is 6.27. The van der Waals surface area contributed by atoms with E-state index in [9.17, 15) is 4.39 Å². The van der Waals surface area contributed by atoms with Gasteiger partial charge in [0.15, 0.2) is 0 Å². The average Bonchev–Trinajstić information content (AvgIpc) is 2.83. The molecule has 26 heavy (non-hydrogen) atoms. The molecule has 2 aliphatic rings. The van der Waals surface area contributed by atoms with Crippen LogP contribution in [0.1, 0.15) is 41.6 Å². The van der Waals surface area contributed by atoms with E-state index in [0.717, 1.165) is 56.0 Å². The summed E-state index contributed by atoms with van der Waals surface area (Å²) in [5.41, 5.74) is 7.86. The minimum Gasteiger partial charge on any atom is -0.303 e. The molecule has 0 amide bonds. The van der Waals surface area contributed by atoms with E-state index >= 15 is 0 Å². The molecule has 1 saturated heterocycles. The fraction of sp³-hybridized carbons (Fsp3) is 0.409. The van der Waals surface area contributed by atoms with E-state index < -0.39 is 0 Å². The summed E-state index contributed by atoms with van der Waals surface area (Å²) < 4.78 is 12.5. The van der Waals surface area contributed by atoms with Crippen LogP contribution < -0.4 is 0 Å². The first-order chi connectivity index (χ1) is 12.8. The number of pyridine rings is 1. The molecule has 0 atom stereocenters. The quantitative estimate of drug-likeness (QED) is 0.748. The second-order valence-corrected chi connectivity index (χ2v) is 7.61. The molecule has 1 aromatic heterocycles. The largest absolute Gasteiger partial charge is 0.303 e. The van der Waals surface area contributed by atoms with E-state index in [2.05, 4.69) is 23.1 Å². The smallest absolute Gasteiger partial charge is 0.0906 e. The molecule has 2 nitrogen and oxygen atoms in total. The molecule has 136 valence electrons. The van der Waals surface area contributed by atoms with Gasteiger partial charge in [-0.25, -0.2) is 0 Å². The number of nitrogens with zero attached hydrogens (tertiary/aromatic N) is 2. The van der Waals surface area contributed by atoms with Crippen molar-refractivity contribution in [2.45, 2.75) is 32.1 Å². The number of alkyl halides is 1. The molecule has 1 aromatic carbocycles. The number of halogens is 2. The van der Waals surface area contributed by atoms with E-state index in [4.69, 9.17) is 16.6 Å². The Morgan fingerprint density at radius 2 is 1.85 bits per heavy atom. The molecule has 0 bridgehead atoms. The highest BCUT2D eigenvalue weighted by Gasteiger charge is 2.24. The number of benzene rings is 1. The molecule has 0 N–H and O–H groups in total. The van der Waals surface area contributed by atoms with Gasteiger partial charge in [-0.05, 0) is 67.0 Å². The van der Waals surface area contributed by atoms with Gasteiger partial charge in [-0.15, -0.1) is 0 Å². The molecule has 2 heterocycles. The number of likely N-dealkylation sites (tertiary alicyclic amines) is 1. The molecule has 1 aliphatic carbocycles. The Hall–Kier alpha value is -1.71. The lowest BCUT2D eigenvalue weighted by Gasteiger charge is -2.30. The number of hydrogen-bond acceptors (Lipinski definition) is 2. The maximum Gasteiger partial charge on any atom is 0.0906 e. The number of piperidine rings is 1. The first-order valence-corrected chi connectivity index (χ1v) is 9.87. The molecule has 1 aliphatic heterocycles. The maximum absolute atomic E-state index is 12.5. The van der Waals surface area contributed by atoms with Gasteiger partial charge in [-0.3, -0.25) is 9.37 Å². The summed E-state index contributed by atoms with van der Waals surface area (Å²) in [7, 11) is 0. The Balaban J connectivity index is 1.75. The van der Waals surface area contributed by atoms with E-state index in [1.165, 1.54) is 27.8 Å². The molecular formula is C22H24ClFN2. The van der Waals surface area contributed by atoms with Crippen molar-refractivity contribution < 1.29 is 4.39 Å². The molecular weight excluding hydrogens is 347 g/mol. The molecule has 2 aromatic rings. The summed E-state index contributed by atoms with van der Waals surface area (Å²) in [6, 6.07) is 10.5. The van der Waals surface area contributed by atoms with E-state index in [1.807, 2.05) is 18.3 Å². The number of aromatic nitrogens is 1. The van der Waals surface area contributed by atoms with Crippen molar-refractivity contribution in [3.63, 3.8) is 0 Å². The van der Waals surface area contributed by atoms with Crippen LogP contribution in [0.15, 0.2) is 42.1 Å². The van der Waals surface area contributed by atoms with Crippen LogP contribution in [0.2, 0.25) is 5.02 Å². The third-order valence-corrected chi connectivity index (χ3v) is 5.78. The zero-order valence-corrected chi connectivity index (χ0v) is 15.7. The summed E-state index contributed by atoms with van der Waals surface area (Å²) in [6.07, 6.45) is 6.58. The summed E-state index contributed by atoms with van der Waals surface area (Å²) in [5.74, 6) is 0. The van der Waals surface area contributed by atoms with Crippen LogP contribution in [0.25, 0.3) is 5.57 Å². The number of hydrogen-bond donors (Lipinski definition) is 0. The van der Waals surface area contributed by atoms with Crippen LogP contribution in [0.3, 0.4) is 0 Å². The van der Waals surface area contributed by atoms with Gasteiger partial charge in [0.1, 0.15) is 0 Å². The molecule has 0 unspecified atom stereocenters. The molecule has 0 radical (unpaired) electrons. The Bertz CT molecular complexity index is 821. The van der Waals surface area contributed by atoms with Crippen molar-refractivity contribution in [1.82, 2.24) is 9.88 Å². The standard InChI is InChI=1S/C22H24ClFN2/c23-19-6-7-20-18(15-19)5-4-17-3-1-11-25-22(17)21(20)16-8-13-26(14-9-16)12-2-10-24/h1,3,6-7,11,15H,2,4-5,8-10,12-14H2. The fourth-order valence-corrected chi connectivity index (χ4v) is 4.41. The molecule has 4 rings (SSSR count). The van der Waals surface area contributed by atoms with E-state index in [-0.39, 0.29) is 6.67 Å². The zero-order chi connectivity index (χ0) is 17.9. The first kappa shape index (κ1) is 17.7. The second kappa shape index (κ2) is 7.89. The maximum atomic E-state index is 12.5. The highest BCUT2D eigenvalue weighted by molar-refractivity contribution is 6.30. The van der Waals surface area contributed by atoms with Gasteiger partial charge < -0.3 is 4.90 Å². The van der Waals surface area contributed by atoms with Gasteiger partial charge in [0.25, 0.3) is 0 Å². The molecule has 0 spiro atoms. The zero-order valence-electron chi connectivity index (χ0n) is 15.0. The number of rotatable bonds is 3. The first-order valence-electron chi connectivity index (χ1n) is 9.49. The lowest BCUT2D eigenvalue weighted by Crippen LogP contribution is -2.32. The highest BCUT2D eigenvalue weighted by Crippen LogP contribution is 2.38. The van der Waals surface area contributed by atoms with Crippen molar-refractivity contribution in [2.75, 3.05) is 26.3 Å². The SMILES string of the molecule is FCCCN1CCC(=C2c3ccc(Cl)cc3CCc3cccnc32)CC1. The molecule has 0 saturated carbocycles. The van der Waals surface area contributed by atoms with Crippen molar-refractivity contribution in [2.24, 2.45) is 0 Å². The van der Waals surface area contributed by atoms with Crippen LogP contribution in [0.4, 0.5) is 4.39 Å². The second-order valence-electron chi connectivity index (χ2n) is 7.18. The third-order valence-electron chi connectivity index (χ3n) is 5.55. The van der Waals surface area contributed by atoms with Gasteiger partial charge in [0.2, 0.25) is 0 Å². The van der Waals surface area contributed by atoms with Crippen molar-refractivity contribution in [3.05, 3.63) is 69.5 Å². The van der Waals surface area contributed by atoms with Gasteiger partial charge in [-0.2, -0.15) is 0 Å². The average molecular weight is 371 g/mol. The Morgan fingerprint density at radius 1 is 1.04 bits per heavy atom. The van der Waals surface area contributed by atoms with Crippen LogP contribution in [0, 0.1) is 0 Å². The number of fused-ring (bicyclic) bond motifs is 2. The van der Waals surface area contributed by atoms with Crippen molar-refractivity contribution >= 4 is 17.2 Å². The third kappa shape index (κ3) is 3.56. The van der Waals surface area contributed by atoms with E-state index in [1.54, 1.807) is 0 Å². The molecule has 4 heteroatoms. The predicted molar refractivity (Wildman–Crippen MR) is 105 cm³/mol. The van der Waals surface area contributed by atoms with Crippen molar-refractivity contribution in [1.29, 1.82) is 0 Å². The van der Waals surface area contributed by atoms with Crippen LogP contribution in [0.5, 0.6) is 0 Å². The summed E-state index contributed by atoms with van der Waals surface area (Å²) in [6.45, 7) is 2.64. The lowest BCUT2D eigenvalue weighted by atomic mass is 9.88. The Kier molecular flexibility index (Phi) is 5.37. The monoisotopic (exact) mass is 370 g/mol. The summed E-state index contributed by atoms with van der Waals surface area (Å²) in [4.78, 5) is 7.15. The van der Waals surface area contributed by atoms with Crippen molar-refractivity contribution in [3.8, 4) is 0 Å². The van der Waals surface area contributed by atoms with Gasteiger partial charge in [0, 0.05) is 36.4 Å².